The maximum Gasteiger partial charge on any atom is 0.0399 e. The van der Waals surface area contributed by atoms with Gasteiger partial charge in [-0.2, -0.15) is 0 Å². The first kappa shape index (κ1) is 14.0. The van der Waals surface area contributed by atoms with Crippen molar-refractivity contribution in [2.45, 2.75) is 26.7 Å². The van der Waals surface area contributed by atoms with Crippen molar-refractivity contribution >= 4 is 11.4 Å². The summed E-state index contributed by atoms with van der Waals surface area (Å²) in [5, 5.41) is 3.59. The number of para-hydroxylation sites is 1. The Hall–Kier alpha value is -1.96. The Balaban J connectivity index is 1.63. The lowest BCUT2D eigenvalue weighted by Crippen LogP contribution is -2.33. The lowest BCUT2D eigenvalue weighted by atomic mass is 10.0. The van der Waals surface area contributed by atoms with Crippen LogP contribution in [0.15, 0.2) is 42.5 Å². The smallest absolute Gasteiger partial charge is 0.0399 e. The van der Waals surface area contributed by atoms with Gasteiger partial charge in [0.25, 0.3) is 0 Å². The van der Waals surface area contributed by atoms with E-state index in [1.807, 2.05) is 0 Å². The van der Waals surface area contributed by atoms with Crippen LogP contribution in [0.3, 0.4) is 0 Å². The molecule has 2 aromatic carbocycles. The van der Waals surface area contributed by atoms with Gasteiger partial charge in [-0.3, -0.25) is 0 Å². The Morgan fingerprint density at radius 1 is 1.10 bits per heavy atom. The van der Waals surface area contributed by atoms with Crippen LogP contribution >= 0.6 is 0 Å². The van der Waals surface area contributed by atoms with Crippen LogP contribution in [0.4, 0.5) is 11.4 Å². The summed E-state index contributed by atoms with van der Waals surface area (Å²) >= 11 is 0. The molecule has 0 amide bonds. The van der Waals surface area contributed by atoms with E-state index in [1.54, 1.807) is 0 Å². The second kappa shape index (κ2) is 6.21. The molecule has 0 bridgehead atoms. The molecule has 1 aliphatic heterocycles. The predicted octanol–water partition coefficient (Wildman–Crippen LogP) is 4.17. The van der Waals surface area contributed by atoms with Crippen LogP contribution in [-0.4, -0.2) is 19.6 Å². The van der Waals surface area contributed by atoms with E-state index in [9.17, 15) is 0 Å². The molecule has 0 radical (unpaired) electrons. The van der Waals surface area contributed by atoms with E-state index in [4.69, 9.17) is 0 Å². The SMILES string of the molecule is Cc1ccc(C)c(NCCN2CCCc3ccccc32)c1. The normalized spacial score (nSPS) is 13.9. The molecular weight excluding hydrogens is 256 g/mol. The molecule has 110 valence electrons. The first-order valence-corrected chi connectivity index (χ1v) is 7.88. The number of benzene rings is 2. The van der Waals surface area contributed by atoms with Crippen LogP contribution in [0, 0.1) is 13.8 Å². The lowest BCUT2D eigenvalue weighted by molar-refractivity contribution is 0.698. The minimum absolute atomic E-state index is 0.985. The molecule has 1 aliphatic rings. The Labute approximate surface area is 127 Å². The third kappa shape index (κ3) is 3.21. The molecule has 0 saturated carbocycles. The highest BCUT2D eigenvalue weighted by Crippen LogP contribution is 2.26. The van der Waals surface area contributed by atoms with E-state index in [0.717, 1.165) is 13.1 Å². The van der Waals surface area contributed by atoms with E-state index in [2.05, 4.69) is 66.5 Å². The molecular formula is C19H24N2. The molecule has 1 N–H and O–H groups in total. The molecule has 0 atom stereocenters. The van der Waals surface area contributed by atoms with Crippen molar-refractivity contribution in [2.75, 3.05) is 29.9 Å². The number of fused-ring (bicyclic) bond motifs is 1. The Morgan fingerprint density at radius 3 is 2.86 bits per heavy atom. The number of hydrogen-bond donors (Lipinski definition) is 1. The fourth-order valence-corrected chi connectivity index (χ4v) is 3.10. The fraction of sp³-hybridized carbons (Fsp3) is 0.368. The quantitative estimate of drug-likeness (QED) is 0.904. The van der Waals surface area contributed by atoms with Crippen LogP contribution in [0.25, 0.3) is 0 Å². The average molecular weight is 280 g/mol. The number of hydrogen-bond acceptors (Lipinski definition) is 2. The number of nitrogens with one attached hydrogen (secondary N) is 1. The van der Waals surface area contributed by atoms with Gasteiger partial charge in [-0.15, -0.1) is 0 Å². The van der Waals surface area contributed by atoms with Crippen LogP contribution in [0.5, 0.6) is 0 Å². The van der Waals surface area contributed by atoms with Gasteiger partial charge in [-0.05, 0) is 55.5 Å². The van der Waals surface area contributed by atoms with Gasteiger partial charge in [-0.1, -0.05) is 30.3 Å². The lowest BCUT2D eigenvalue weighted by Gasteiger charge is -2.31. The van der Waals surface area contributed by atoms with Gasteiger partial charge < -0.3 is 10.2 Å². The summed E-state index contributed by atoms with van der Waals surface area (Å²) in [7, 11) is 0. The van der Waals surface area contributed by atoms with Crippen molar-refractivity contribution < 1.29 is 0 Å². The van der Waals surface area contributed by atoms with Gasteiger partial charge in [0, 0.05) is 31.0 Å². The summed E-state index contributed by atoms with van der Waals surface area (Å²) in [6.45, 7) is 7.53. The van der Waals surface area contributed by atoms with Crippen LogP contribution in [-0.2, 0) is 6.42 Å². The number of rotatable bonds is 4. The monoisotopic (exact) mass is 280 g/mol. The summed E-state index contributed by atoms with van der Waals surface area (Å²) in [5.74, 6) is 0. The van der Waals surface area contributed by atoms with Crippen molar-refractivity contribution in [2.24, 2.45) is 0 Å². The third-order valence-corrected chi connectivity index (χ3v) is 4.30. The molecule has 21 heavy (non-hydrogen) atoms. The van der Waals surface area contributed by atoms with Crippen molar-refractivity contribution in [3.05, 3.63) is 59.2 Å². The second-order valence-corrected chi connectivity index (χ2v) is 5.96. The van der Waals surface area contributed by atoms with Gasteiger partial charge in [0.1, 0.15) is 0 Å². The number of anilines is 2. The van der Waals surface area contributed by atoms with E-state index in [1.165, 1.54) is 47.5 Å². The highest BCUT2D eigenvalue weighted by atomic mass is 15.1. The molecule has 2 heteroatoms. The average Bonchev–Trinajstić information content (AvgIpc) is 2.51. The van der Waals surface area contributed by atoms with Crippen molar-refractivity contribution in [3.8, 4) is 0 Å². The standard InChI is InChI=1S/C19H24N2/c1-15-9-10-16(2)18(14-15)20-11-13-21-12-5-7-17-6-3-4-8-19(17)21/h3-4,6,8-10,14,20H,5,7,11-13H2,1-2H3. The van der Waals surface area contributed by atoms with E-state index in [-0.39, 0.29) is 0 Å². The van der Waals surface area contributed by atoms with Crippen molar-refractivity contribution in [1.29, 1.82) is 0 Å². The molecule has 0 aliphatic carbocycles. The van der Waals surface area contributed by atoms with E-state index >= 15 is 0 Å². The molecule has 0 saturated heterocycles. The molecule has 2 aromatic rings. The zero-order valence-electron chi connectivity index (χ0n) is 13.0. The summed E-state index contributed by atoms with van der Waals surface area (Å²) < 4.78 is 0. The molecule has 3 rings (SSSR count). The Morgan fingerprint density at radius 2 is 1.95 bits per heavy atom. The number of aryl methyl sites for hydroxylation is 3. The third-order valence-electron chi connectivity index (χ3n) is 4.30. The van der Waals surface area contributed by atoms with Gasteiger partial charge in [-0.25, -0.2) is 0 Å². The minimum atomic E-state index is 0.985. The van der Waals surface area contributed by atoms with Crippen LogP contribution in [0.2, 0.25) is 0 Å². The maximum atomic E-state index is 3.59. The van der Waals surface area contributed by atoms with Crippen LogP contribution < -0.4 is 10.2 Å². The molecule has 0 unspecified atom stereocenters. The second-order valence-electron chi connectivity index (χ2n) is 5.96. The highest BCUT2D eigenvalue weighted by molar-refractivity contribution is 5.56. The highest BCUT2D eigenvalue weighted by Gasteiger charge is 2.15. The Kier molecular flexibility index (Phi) is 4.14. The summed E-state index contributed by atoms with van der Waals surface area (Å²) in [6.07, 6.45) is 2.48. The van der Waals surface area contributed by atoms with Crippen LogP contribution in [0.1, 0.15) is 23.1 Å². The zero-order chi connectivity index (χ0) is 14.7. The molecule has 0 fully saturated rings. The van der Waals surface area contributed by atoms with Gasteiger partial charge in [0.05, 0.1) is 0 Å². The summed E-state index contributed by atoms with van der Waals surface area (Å²) in [6, 6.07) is 15.4. The first-order chi connectivity index (χ1) is 10.2. The molecule has 2 nitrogen and oxygen atoms in total. The zero-order valence-corrected chi connectivity index (χ0v) is 13.0. The largest absolute Gasteiger partial charge is 0.383 e. The van der Waals surface area contributed by atoms with Gasteiger partial charge >= 0.3 is 0 Å². The maximum absolute atomic E-state index is 3.59. The van der Waals surface area contributed by atoms with Crippen molar-refractivity contribution in [3.63, 3.8) is 0 Å². The molecule has 1 heterocycles. The molecule has 0 aromatic heterocycles. The number of nitrogens with zero attached hydrogens (tertiary/aromatic N) is 1. The summed E-state index contributed by atoms with van der Waals surface area (Å²) in [5.41, 5.74) is 6.81. The first-order valence-electron chi connectivity index (χ1n) is 7.88. The fourth-order valence-electron chi connectivity index (χ4n) is 3.10. The predicted molar refractivity (Wildman–Crippen MR) is 91.4 cm³/mol. The van der Waals surface area contributed by atoms with E-state index < -0.39 is 0 Å². The van der Waals surface area contributed by atoms with Gasteiger partial charge in [0.2, 0.25) is 0 Å². The molecule has 0 spiro atoms. The van der Waals surface area contributed by atoms with Crippen molar-refractivity contribution in [1.82, 2.24) is 0 Å². The topological polar surface area (TPSA) is 15.3 Å². The Bertz CT molecular complexity index is 619. The minimum Gasteiger partial charge on any atom is -0.383 e. The van der Waals surface area contributed by atoms with Gasteiger partial charge in [0.15, 0.2) is 0 Å². The van der Waals surface area contributed by atoms with E-state index in [0.29, 0.717) is 0 Å². The summed E-state index contributed by atoms with van der Waals surface area (Å²) in [4.78, 5) is 2.51.